The molecular weight excluding hydrogens is 266 g/mol. The highest BCUT2D eigenvalue weighted by atomic mass is 32.2. The maximum Gasteiger partial charge on any atom is 0.341 e. The number of hydrogen-bond donors (Lipinski definition) is 1. The quantitative estimate of drug-likeness (QED) is 0.857. The highest BCUT2D eigenvalue weighted by Crippen LogP contribution is 2.25. The van der Waals surface area contributed by atoms with Crippen molar-refractivity contribution in [3.63, 3.8) is 0 Å². The molecule has 7 heteroatoms. The van der Waals surface area contributed by atoms with Crippen LogP contribution >= 0.6 is 0 Å². The molecule has 0 saturated carbocycles. The molecule has 0 bridgehead atoms. The van der Waals surface area contributed by atoms with Crippen LogP contribution < -0.4 is 0 Å². The van der Waals surface area contributed by atoms with Crippen LogP contribution in [0.2, 0.25) is 0 Å². The summed E-state index contributed by atoms with van der Waals surface area (Å²) in [5.41, 5.74) is -1.25. The van der Waals surface area contributed by atoms with Crippen LogP contribution in [0.15, 0.2) is 17.0 Å². The second-order valence-electron chi connectivity index (χ2n) is 3.80. The number of carboxylic acids is 1. The maximum absolute atomic E-state index is 13.8. The van der Waals surface area contributed by atoms with Crippen LogP contribution in [0.4, 0.5) is 8.78 Å². The van der Waals surface area contributed by atoms with E-state index in [1.807, 2.05) is 0 Å². The fourth-order valence-corrected chi connectivity index (χ4v) is 2.87. The highest BCUT2D eigenvalue weighted by Gasteiger charge is 2.29. The van der Waals surface area contributed by atoms with Crippen molar-refractivity contribution in [1.29, 1.82) is 0 Å². The van der Waals surface area contributed by atoms with E-state index >= 15 is 0 Å². The third kappa shape index (κ3) is 2.35. The second-order valence-corrected chi connectivity index (χ2v) is 6.14. The Kier molecular flexibility index (Phi) is 4.05. The third-order valence-corrected chi connectivity index (χ3v) is 5.00. The van der Waals surface area contributed by atoms with E-state index in [4.69, 9.17) is 5.11 Å². The van der Waals surface area contributed by atoms with E-state index < -0.39 is 43.1 Å². The first-order valence-corrected chi connectivity index (χ1v) is 6.73. The van der Waals surface area contributed by atoms with E-state index in [1.165, 1.54) is 6.92 Å². The third-order valence-electron chi connectivity index (χ3n) is 2.68. The van der Waals surface area contributed by atoms with Gasteiger partial charge in [0, 0.05) is 0 Å². The summed E-state index contributed by atoms with van der Waals surface area (Å²) < 4.78 is 50.7. The predicted octanol–water partition coefficient (Wildman–Crippen LogP) is 2.24. The molecule has 0 radical (unpaired) electrons. The SMILES string of the molecule is CCC(C)S(=O)(=O)c1ccc(F)c(C(=O)O)c1F. The zero-order valence-corrected chi connectivity index (χ0v) is 10.6. The van der Waals surface area contributed by atoms with Crippen molar-refractivity contribution in [3.8, 4) is 0 Å². The van der Waals surface area contributed by atoms with Crippen molar-refractivity contribution in [1.82, 2.24) is 0 Å². The summed E-state index contributed by atoms with van der Waals surface area (Å²) in [6.45, 7) is 2.97. The van der Waals surface area contributed by atoms with Crippen LogP contribution in [-0.4, -0.2) is 24.7 Å². The van der Waals surface area contributed by atoms with Crippen molar-refractivity contribution < 1.29 is 27.1 Å². The molecule has 0 aliphatic rings. The molecule has 1 unspecified atom stereocenters. The summed E-state index contributed by atoms with van der Waals surface area (Å²) in [6, 6.07) is 1.39. The largest absolute Gasteiger partial charge is 0.477 e. The van der Waals surface area contributed by atoms with Gasteiger partial charge < -0.3 is 5.11 Å². The molecule has 1 atom stereocenters. The van der Waals surface area contributed by atoms with Crippen LogP contribution in [0.3, 0.4) is 0 Å². The molecule has 0 spiro atoms. The molecule has 0 fully saturated rings. The van der Waals surface area contributed by atoms with E-state index in [0.717, 1.165) is 6.07 Å². The predicted molar refractivity (Wildman–Crippen MR) is 60.3 cm³/mol. The van der Waals surface area contributed by atoms with Gasteiger partial charge in [-0.05, 0) is 25.5 Å². The number of aromatic carboxylic acids is 1. The number of carboxylic acid groups (broad SMARTS) is 1. The Hall–Kier alpha value is -1.50. The van der Waals surface area contributed by atoms with Gasteiger partial charge in [0.05, 0.1) is 5.25 Å². The number of hydrogen-bond acceptors (Lipinski definition) is 3. The van der Waals surface area contributed by atoms with Gasteiger partial charge in [-0.2, -0.15) is 0 Å². The maximum atomic E-state index is 13.8. The average Bonchev–Trinajstić information content (AvgIpc) is 2.26. The monoisotopic (exact) mass is 278 g/mol. The summed E-state index contributed by atoms with van der Waals surface area (Å²) in [7, 11) is -4.00. The Bertz CT molecular complexity index is 581. The summed E-state index contributed by atoms with van der Waals surface area (Å²) >= 11 is 0. The first kappa shape index (κ1) is 14.6. The zero-order valence-electron chi connectivity index (χ0n) is 9.78. The molecule has 1 aromatic rings. The van der Waals surface area contributed by atoms with Crippen molar-refractivity contribution in [2.24, 2.45) is 0 Å². The summed E-state index contributed by atoms with van der Waals surface area (Å²) in [4.78, 5) is 9.90. The molecular formula is C11H12F2O4S. The number of halogens is 2. The van der Waals surface area contributed by atoms with Gasteiger partial charge in [0.15, 0.2) is 15.7 Å². The van der Waals surface area contributed by atoms with Gasteiger partial charge in [0.2, 0.25) is 0 Å². The number of rotatable bonds is 4. The van der Waals surface area contributed by atoms with Crippen LogP contribution in [-0.2, 0) is 9.84 Å². The van der Waals surface area contributed by atoms with E-state index in [9.17, 15) is 22.0 Å². The average molecular weight is 278 g/mol. The molecule has 1 rings (SSSR count). The second kappa shape index (κ2) is 5.01. The Morgan fingerprint density at radius 3 is 2.39 bits per heavy atom. The van der Waals surface area contributed by atoms with Crippen molar-refractivity contribution in [2.45, 2.75) is 30.4 Å². The Balaban J connectivity index is 3.55. The topological polar surface area (TPSA) is 71.4 Å². The minimum absolute atomic E-state index is 0.238. The summed E-state index contributed by atoms with van der Waals surface area (Å²) in [6.07, 6.45) is 0.238. The lowest BCUT2D eigenvalue weighted by atomic mass is 10.2. The van der Waals surface area contributed by atoms with Gasteiger partial charge in [0.25, 0.3) is 0 Å². The minimum Gasteiger partial charge on any atom is -0.477 e. The van der Waals surface area contributed by atoms with Crippen LogP contribution in [0.5, 0.6) is 0 Å². The molecule has 0 saturated heterocycles. The van der Waals surface area contributed by atoms with Crippen LogP contribution in [0, 0.1) is 11.6 Å². The van der Waals surface area contributed by atoms with E-state index in [2.05, 4.69) is 0 Å². The normalized spacial score (nSPS) is 13.3. The Labute approximate surface area is 103 Å². The smallest absolute Gasteiger partial charge is 0.341 e. The molecule has 100 valence electrons. The van der Waals surface area contributed by atoms with Crippen molar-refractivity contribution >= 4 is 15.8 Å². The standard InChI is InChI=1S/C11H12F2O4S/c1-3-6(2)18(16,17)8-5-4-7(12)9(10(8)13)11(14)15/h4-6H,3H2,1-2H3,(H,14,15). The Morgan fingerprint density at radius 2 is 1.94 bits per heavy atom. The first-order chi connectivity index (χ1) is 8.23. The molecule has 1 N–H and O–H groups in total. The van der Waals surface area contributed by atoms with Gasteiger partial charge in [-0.3, -0.25) is 0 Å². The lowest BCUT2D eigenvalue weighted by Gasteiger charge is -2.12. The molecule has 0 aromatic heterocycles. The Morgan fingerprint density at radius 1 is 1.39 bits per heavy atom. The zero-order chi connectivity index (χ0) is 14.1. The van der Waals surface area contributed by atoms with E-state index in [-0.39, 0.29) is 6.42 Å². The van der Waals surface area contributed by atoms with E-state index in [0.29, 0.717) is 6.07 Å². The lowest BCUT2D eigenvalue weighted by Crippen LogP contribution is -2.20. The van der Waals surface area contributed by atoms with Gasteiger partial charge in [0.1, 0.15) is 16.3 Å². The van der Waals surface area contributed by atoms with Gasteiger partial charge in [-0.15, -0.1) is 0 Å². The van der Waals surface area contributed by atoms with Crippen LogP contribution in [0.1, 0.15) is 30.6 Å². The number of carbonyl (C=O) groups is 1. The van der Waals surface area contributed by atoms with Crippen LogP contribution in [0.25, 0.3) is 0 Å². The number of sulfone groups is 1. The molecule has 0 heterocycles. The van der Waals surface area contributed by atoms with Gasteiger partial charge in [-0.1, -0.05) is 6.92 Å². The fourth-order valence-electron chi connectivity index (χ4n) is 1.39. The molecule has 4 nitrogen and oxygen atoms in total. The van der Waals surface area contributed by atoms with E-state index in [1.54, 1.807) is 6.92 Å². The highest BCUT2D eigenvalue weighted by molar-refractivity contribution is 7.92. The molecule has 1 aromatic carbocycles. The molecule has 0 aliphatic carbocycles. The summed E-state index contributed by atoms with van der Waals surface area (Å²) in [5.74, 6) is -4.70. The molecule has 0 amide bonds. The first-order valence-electron chi connectivity index (χ1n) is 5.18. The summed E-state index contributed by atoms with van der Waals surface area (Å²) in [5, 5.41) is 7.78. The molecule has 0 aliphatic heterocycles. The van der Waals surface area contributed by atoms with Crippen molar-refractivity contribution in [2.75, 3.05) is 0 Å². The number of benzene rings is 1. The lowest BCUT2D eigenvalue weighted by molar-refractivity contribution is 0.0685. The van der Waals surface area contributed by atoms with Crippen molar-refractivity contribution in [3.05, 3.63) is 29.3 Å². The van der Waals surface area contributed by atoms with Gasteiger partial charge in [-0.25, -0.2) is 22.0 Å². The van der Waals surface area contributed by atoms with Gasteiger partial charge >= 0.3 is 5.97 Å². The fraction of sp³-hybridized carbons (Fsp3) is 0.364. The molecule has 18 heavy (non-hydrogen) atoms. The minimum atomic E-state index is -4.00.